The van der Waals surface area contributed by atoms with Crippen LogP contribution in [0.1, 0.15) is 29.3 Å². The number of carbonyl (C=O) groups excluding carboxylic acids is 2. The Morgan fingerprint density at radius 3 is 2.15 bits per heavy atom. The van der Waals surface area contributed by atoms with Crippen molar-refractivity contribution in [1.29, 1.82) is 0 Å². The fraction of sp³-hybridized carbons (Fsp3) is 0.200. The van der Waals surface area contributed by atoms with Gasteiger partial charge in [-0.25, -0.2) is 8.42 Å². The lowest BCUT2D eigenvalue weighted by atomic mass is 10.0. The fourth-order valence-corrected chi connectivity index (χ4v) is 3.67. The van der Waals surface area contributed by atoms with Gasteiger partial charge >= 0.3 is 0 Å². The molecule has 0 bridgehead atoms. The number of benzene rings is 3. The topological polar surface area (TPSA) is 92.8 Å². The maximum atomic E-state index is 12.9. The van der Waals surface area contributed by atoms with Crippen LogP contribution >= 0.6 is 0 Å². The Hall–Kier alpha value is -3.65. The van der Waals surface area contributed by atoms with Gasteiger partial charge in [-0.1, -0.05) is 49.4 Å². The predicted molar refractivity (Wildman–Crippen MR) is 129 cm³/mol. The molecule has 0 aliphatic carbocycles. The Morgan fingerprint density at radius 2 is 1.55 bits per heavy atom. The molecule has 0 aliphatic heterocycles. The second-order valence-corrected chi connectivity index (χ2v) is 9.48. The number of rotatable bonds is 9. The van der Waals surface area contributed by atoms with Crippen molar-refractivity contribution < 1.29 is 22.7 Å². The second kappa shape index (κ2) is 10.3. The Labute approximate surface area is 194 Å². The fourth-order valence-electron chi connectivity index (χ4n) is 3.16. The normalized spacial score (nSPS) is 12.0. The molecule has 172 valence electrons. The van der Waals surface area contributed by atoms with Crippen molar-refractivity contribution in [2.24, 2.45) is 0 Å². The molecule has 1 unspecified atom stereocenters. The average molecular weight is 467 g/mol. The Kier molecular flexibility index (Phi) is 7.50. The molecule has 3 aromatic rings. The number of hydrogen-bond acceptors (Lipinski definition) is 5. The van der Waals surface area contributed by atoms with E-state index in [9.17, 15) is 18.0 Å². The molecule has 0 heterocycles. The average Bonchev–Trinajstić information content (AvgIpc) is 2.82. The molecule has 0 saturated carbocycles. The van der Waals surface area contributed by atoms with Crippen LogP contribution in [0.3, 0.4) is 0 Å². The van der Waals surface area contributed by atoms with Crippen molar-refractivity contribution in [3.05, 3.63) is 90.0 Å². The molecule has 0 radical (unpaired) electrons. The van der Waals surface area contributed by atoms with Gasteiger partial charge in [-0.05, 0) is 42.8 Å². The van der Waals surface area contributed by atoms with E-state index in [1.165, 1.54) is 7.05 Å². The molecule has 0 aliphatic rings. The molecule has 7 nitrogen and oxygen atoms in total. The van der Waals surface area contributed by atoms with Crippen LogP contribution in [0.25, 0.3) is 0 Å². The summed E-state index contributed by atoms with van der Waals surface area (Å²) in [6, 6.07) is 22.1. The molecule has 33 heavy (non-hydrogen) atoms. The number of nitrogens with one attached hydrogen (secondary N) is 1. The summed E-state index contributed by atoms with van der Waals surface area (Å²) in [5.74, 6) is -0.148. The van der Waals surface area contributed by atoms with Crippen LogP contribution in [0.5, 0.6) is 5.75 Å². The van der Waals surface area contributed by atoms with Crippen LogP contribution in [-0.2, 0) is 14.8 Å². The van der Waals surface area contributed by atoms with Crippen molar-refractivity contribution in [3.8, 4) is 5.75 Å². The minimum Gasteiger partial charge on any atom is -0.481 e. The lowest BCUT2D eigenvalue weighted by Crippen LogP contribution is -2.33. The van der Waals surface area contributed by atoms with Gasteiger partial charge < -0.3 is 10.1 Å². The zero-order chi connectivity index (χ0) is 24.0. The molecule has 1 atom stereocenters. The number of amides is 1. The van der Waals surface area contributed by atoms with E-state index in [1.54, 1.807) is 72.8 Å². The van der Waals surface area contributed by atoms with Crippen LogP contribution in [0.4, 0.5) is 11.4 Å². The summed E-state index contributed by atoms with van der Waals surface area (Å²) in [4.78, 5) is 25.8. The maximum Gasteiger partial charge on any atom is 0.265 e. The Morgan fingerprint density at radius 1 is 0.939 bits per heavy atom. The van der Waals surface area contributed by atoms with E-state index < -0.39 is 16.1 Å². The number of ether oxygens (including phenoxy) is 1. The highest BCUT2D eigenvalue weighted by Crippen LogP contribution is 2.23. The molecular formula is C25H26N2O5S. The largest absolute Gasteiger partial charge is 0.481 e. The van der Waals surface area contributed by atoms with Crippen molar-refractivity contribution in [1.82, 2.24) is 0 Å². The third-order valence-corrected chi connectivity index (χ3v) is 6.31. The number of para-hydroxylation sites is 1. The molecule has 0 fully saturated rings. The molecule has 0 saturated heterocycles. The van der Waals surface area contributed by atoms with E-state index in [4.69, 9.17) is 4.74 Å². The lowest BCUT2D eigenvalue weighted by Gasteiger charge is -2.20. The molecule has 1 amide bonds. The van der Waals surface area contributed by atoms with E-state index in [-0.39, 0.29) is 11.7 Å². The van der Waals surface area contributed by atoms with Gasteiger partial charge in [-0.15, -0.1) is 0 Å². The Bertz CT molecular complexity index is 1230. The SMILES string of the molecule is CCC(Oc1ccc(N(C)S(C)(=O)=O)cc1)C(=O)Nc1ccccc1C(=O)c1ccccc1. The second-order valence-electron chi connectivity index (χ2n) is 7.47. The summed E-state index contributed by atoms with van der Waals surface area (Å²) in [5, 5.41) is 2.81. The van der Waals surface area contributed by atoms with Crippen LogP contribution in [0.15, 0.2) is 78.9 Å². The van der Waals surface area contributed by atoms with Crippen LogP contribution in [-0.4, -0.2) is 39.5 Å². The standard InChI is InChI=1S/C25H26N2O5S/c1-4-23(32-20-16-14-19(15-17-20)27(2)33(3,30)31)25(29)26-22-13-9-8-12-21(22)24(28)18-10-6-5-7-11-18/h5-17,23H,4H2,1-3H3,(H,26,29). The summed E-state index contributed by atoms with van der Waals surface area (Å²) in [5.41, 5.74) is 1.81. The number of hydrogen-bond donors (Lipinski definition) is 1. The first-order chi connectivity index (χ1) is 15.7. The van der Waals surface area contributed by atoms with Crippen molar-refractivity contribution >= 4 is 33.1 Å². The Balaban J connectivity index is 1.74. The van der Waals surface area contributed by atoms with E-state index in [2.05, 4.69) is 5.32 Å². The number of carbonyl (C=O) groups is 2. The summed E-state index contributed by atoms with van der Waals surface area (Å²) < 4.78 is 30.4. The minimum absolute atomic E-state index is 0.189. The van der Waals surface area contributed by atoms with E-state index >= 15 is 0 Å². The van der Waals surface area contributed by atoms with Crippen LogP contribution in [0.2, 0.25) is 0 Å². The summed E-state index contributed by atoms with van der Waals surface area (Å²) >= 11 is 0. The number of nitrogens with zero attached hydrogens (tertiary/aromatic N) is 1. The van der Waals surface area contributed by atoms with Gasteiger partial charge in [0.15, 0.2) is 11.9 Å². The summed E-state index contributed by atoms with van der Waals surface area (Å²) in [6.45, 7) is 1.82. The quantitative estimate of drug-likeness (QED) is 0.479. The highest BCUT2D eigenvalue weighted by Gasteiger charge is 2.22. The predicted octanol–water partition coefficient (Wildman–Crippen LogP) is 4.11. The van der Waals surface area contributed by atoms with Gasteiger partial charge in [-0.3, -0.25) is 13.9 Å². The molecular weight excluding hydrogens is 440 g/mol. The van der Waals surface area contributed by atoms with E-state index in [0.717, 1.165) is 10.6 Å². The molecule has 0 spiro atoms. The zero-order valence-electron chi connectivity index (χ0n) is 18.7. The van der Waals surface area contributed by atoms with Crippen LogP contribution < -0.4 is 14.4 Å². The van der Waals surface area contributed by atoms with Gasteiger partial charge in [0.25, 0.3) is 5.91 Å². The van der Waals surface area contributed by atoms with Crippen LogP contribution in [0, 0.1) is 0 Å². The van der Waals surface area contributed by atoms with Crippen molar-refractivity contribution in [2.45, 2.75) is 19.4 Å². The first kappa shape index (κ1) is 24.0. The number of anilines is 2. The molecule has 1 N–H and O–H groups in total. The van der Waals surface area contributed by atoms with Gasteiger partial charge in [0.2, 0.25) is 10.0 Å². The first-order valence-corrected chi connectivity index (χ1v) is 12.3. The van der Waals surface area contributed by atoms with E-state index in [1.807, 2.05) is 13.0 Å². The zero-order valence-corrected chi connectivity index (χ0v) is 19.5. The maximum absolute atomic E-state index is 12.9. The summed E-state index contributed by atoms with van der Waals surface area (Å²) in [6.07, 6.45) is 0.712. The van der Waals surface area contributed by atoms with Gasteiger partial charge in [0.05, 0.1) is 17.6 Å². The molecule has 3 rings (SSSR count). The van der Waals surface area contributed by atoms with Gasteiger partial charge in [0, 0.05) is 18.2 Å². The van der Waals surface area contributed by atoms with Gasteiger partial charge in [-0.2, -0.15) is 0 Å². The highest BCUT2D eigenvalue weighted by atomic mass is 32.2. The third kappa shape index (κ3) is 5.98. The van der Waals surface area contributed by atoms with Crippen molar-refractivity contribution in [2.75, 3.05) is 22.9 Å². The molecule has 0 aromatic heterocycles. The lowest BCUT2D eigenvalue weighted by molar-refractivity contribution is -0.122. The highest BCUT2D eigenvalue weighted by molar-refractivity contribution is 7.92. The number of ketones is 1. The van der Waals surface area contributed by atoms with Crippen molar-refractivity contribution in [3.63, 3.8) is 0 Å². The van der Waals surface area contributed by atoms with Gasteiger partial charge in [0.1, 0.15) is 5.75 Å². The molecule has 8 heteroatoms. The third-order valence-electron chi connectivity index (χ3n) is 5.10. The molecule has 3 aromatic carbocycles. The first-order valence-electron chi connectivity index (χ1n) is 10.4. The minimum atomic E-state index is -3.37. The number of sulfonamides is 1. The summed E-state index contributed by atoms with van der Waals surface area (Å²) in [7, 11) is -1.91. The monoisotopic (exact) mass is 466 g/mol. The smallest absolute Gasteiger partial charge is 0.265 e. The van der Waals surface area contributed by atoms with E-state index in [0.29, 0.717) is 34.7 Å².